The van der Waals surface area contributed by atoms with Crippen LogP contribution in [-0.2, 0) is 12.8 Å². The van der Waals surface area contributed by atoms with Gasteiger partial charge < -0.3 is 9.13 Å². The highest BCUT2D eigenvalue weighted by atomic mass is 19.1. The minimum Gasteiger partial charge on any atom is -0.306 e. The summed E-state index contributed by atoms with van der Waals surface area (Å²) < 4.78 is 34.7. The first-order valence-corrected chi connectivity index (χ1v) is 21.1. The molecule has 6 heterocycles. The quantitative estimate of drug-likeness (QED) is 0.151. The van der Waals surface area contributed by atoms with Gasteiger partial charge in [-0.15, -0.1) is 0 Å². The van der Waals surface area contributed by atoms with Gasteiger partial charge in [-0.25, -0.2) is 38.1 Å². The molecule has 0 fully saturated rings. The van der Waals surface area contributed by atoms with E-state index in [2.05, 4.69) is 60.2 Å². The molecule has 2 aliphatic rings. The van der Waals surface area contributed by atoms with E-state index in [4.69, 9.17) is 20.2 Å². The number of nitrogens with zero attached hydrogens (tertiary/aromatic N) is 10. The van der Waals surface area contributed by atoms with Crippen molar-refractivity contribution in [3.05, 3.63) is 190 Å². The molecule has 0 radical (unpaired) electrons. The Morgan fingerprint density at radius 3 is 1.32 bits per heavy atom. The smallest absolute Gasteiger partial charge is 0.174 e. The molecule has 0 unspecified atom stereocenters. The third kappa shape index (κ3) is 8.86. The molecule has 2 aliphatic heterocycles. The predicted molar refractivity (Wildman–Crippen MR) is 239 cm³/mol. The first kappa shape index (κ1) is 40.3. The minimum atomic E-state index is -0.216. The lowest BCUT2D eigenvalue weighted by Crippen LogP contribution is -2.20. The highest BCUT2D eigenvalue weighted by Crippen LogP contribution is 2.31. The maximum atomic E-state index is 13.3. The lowest BCUT2D eigenvalue weighted by Gasteiger charge is -2.23. The summed E-state index contributed by atoms with van der Waals surface area (Å²) in [6, 6.07) is 26.3. The van der Waals surface area contributed by atoms with E-state index >= 15 is 0 Å². The fourth-order valence-corrected chi connectivity index (χ4v) is 8.46. The Morgan fingerprint density at radius 2 is 0.952 bits per heavy atom. The lowest BCUT2D eigenvalue weighted by molar-refractivity contribution is 0.411. The van der Waals surface area contributed by atoms with Crippen LogP contribution in [0.2, 0.25) is 0 Å². The van der Waals surface area contributed by atoms with Gasteiger partial charge in [-0.2, -0.15) is 10.2 Å². The molecule has 4 aromatic heterocycles. The van der Waals surface area contributed by atoms with Gasteiger partial charge in [-0.05, 0) is 147 Å². The molecule has 62 heavy (non-hydrogen) atoms. The average molecular weight is 827 g/mol. The van der Waals surface area contributed by atoms with Crippen molar-refractivity contribution in [2.75, 3.05) is 0 Å². The molecule has 0 aliphatic carbocycles. The summed E-state index contributed by atoms with van der Waals surface area (Å²) in [5.41, 5.74) is 10.9. The first-order chi connectivity index (χ1) is 30.1. The second-order valence-corrected chi connectivity index (χ2v) is 16.2. The fraction of sp³-hybridized carbons (Fsp3) is 0.240. The van der Waals surface area contributed by atoms with Crippen LogP contribution in [0, 0.1) is 39.3 Å². The number of rotatable bonds is 8. The molecule has 0 saturated carbocycles. The summed E-state index contributed by atoms with van der Waals surface area (Å²) in [6.07, 6.45) is 21.6. The van der Waals surface area contributed by atoms with E-state index in [9.17, 15) is 8.78 Å². The van der Waals surface area contributed by atoms with E-state index in [1.807, 2.05) is 106 Å². The van der Waals surface area contributed by atoms with Crippen molar-refractivity contribution in [1.29, 1.82) is 0 Å². The largest absolute Gasteiger partial charge is 0.306 e. The number of hydrogen-bond donors (Lipinski definition) is 0. The highest BCUT2D eigenvalue weighted by molar-refractivity contribution is 5.69. The third-order valence-electron chi connectivity index (χ3n) is 11.6. The molecule has 10 nitrogen and oxygen atoms in total. The number of aryl methyl sites for hydroxylation is 6. The molecule has 0 spiro atoms. The predicted octanol–water partition coefficient (Wildman–Crippen LogP) is 10.6. The van der Waals surface area contributed by atoms with Crippen molar-refractivity contribution in [1.82, 2.24) is 48.6 Å². The summed E-state index contributed by atoms with van der Waals surface area (Å²) in [6.45, 7) is 8.17. The maximum Gasteiger partial charge on any atom is 0.174 e. The summed E-state index contributed by atoms with van der Waals surface area (Å²) in [7, 11) is 0. The van der Waals surface area contributed by atoms with E-state index in [0.717, 1.165) is 95.2 Å². The van der Waals surface area contributed by atoms with Gasteiger partial charge in [0.1, 0.15) is 23.3 Å². The Morgan fingerprint density at radius 1 is 0.532 bits per heavy atom. The third-order valence-corrected chi connectivity index (χ3v) is 11.6. The van der Waals surface area contributed by atoms with Crippen molar-refractivity contribution in [3.8, 4) is 11.4 Å². The van der Waals surface area contributed by atoms with Crippen LogP contribution in [0.4, 0.5) is 8.78 Å². The van der Waals surface area contributed by atoms with Crippen LogP contribution in [0.5, 0.6) is 0 Å². The van der Waals surface area contributed by atoms with Crippen molar-refractivity contribution < 1.29 is 8.78 Å². The van der Waals surface area contributed by atoms with E-state index in [-0.39, 0.29) is 23.7 Å². The first-order valence-electron chi connectivity index (χ1n) is 21.1. The topological polar surface area (TPSA) is 97.1 Å². The zero-order chi connectivity index (χ0) is 42.7. The van der Waals surface area contributed by atoms with Crippen LogP contribution in [0.25, 0.3) is 35.7 Å². The summed E-state index contributed by atoms with van der Waals surface area (Å²) in [5, 5.41) is 9.50. The molecule has 8 aromatic rings. The van der Waals surface area contributed by atoms with Crippen molar-refractivity contribution in [3.63, 3.8) is 0 Å². The lowest BCUT2D eigenvalue weighted by atomic mass is 9.98. The van der Waals surface area contributed by atoms with Gasteiger partial charge >= 0.3 is 0 Å². The maximum absolute atomic E-state index is 13.3. The Labute approximate surface area is 360 Å². The van der Waals surface area contributed by atoms with Gasteiger partial charge in [0, 0.05) is 36.6 Å². The van der Waals surface area contributed by atoms with Crippen LogP contribution in [0.3, 0.4) is 0 Å². The van der Waals surface area contributed by atoms with Gasteiger partial charge in [0.25, 0.3) is 0 Å². The number of fused-ring (bicyclic) bond motifs is 2. The number of benzene rings is 4. The van der Waals surface area contributed by atoms with Gasteiger partial charge in [0.05, 0.1) is 36.1 Å². The van der Waals surface area contributed by atoms with Gasteiger partial charge in [0.2, 0.25) is 0 Å². The Hall–Kier alpha value is -7.08. The summed E-state index contributed by atoms with van der Waals surface area (Å²) in [5.74, 6) is 2.95. The monoisotopic (exact) mass is 826 g/mol. The summed E-state index contributed by atoms with van der Waals surface area (Å²) >= 11 is 0. The zero-order valence-corrected chi connectivity index (χ0v) is 35.3. The number of halogens is 2. The van der Waals surface area contributed by atoms with Crippen LogP contribution in [0.15, 0.2) is 110 Å². The molecule has 0 saturated heterocycles. The van der Waals surface area contributed by atoms with Crippen molar-refractivity contribution >= 4 is 24.3 Å². The normalized spacial score (nSPS) is 16.0. The zero-order valence-electron chi connectivity index (χ0n) is 35.3. The molecule has 312 valence electrons. The molecule has 4 aromatic carbocycles. The second-order valence-electron chi connectivity index (χ2n) is 16.2. The summed E-state index contributed by atoms with van der Waals surface area (Å²) in [4.78, 5) is 18.1. The van der Waals surface area contributed by atoms with E-state index < -0.39 is 0 Å². The van der Waals surface area contributed by atoms with Crippen LogP contribution in [0.1, 0.15) is 106 Å². The molecule has 0 N–H and O–H groups in total. The van der Waals surface area contributed by atoms with E-state index in [1.165, 1.54) is 35.4 Å². The van der Waals surface area contributed by atoms with Gasteiger partial charge in [-0.1, -0.05) is 48.6 Å². The van der Waals surface area contributed by atoms with Crippen LogP contribution in [-0.4, -0.2) is 48.6 Å². The molecular weight excluding hydrogens is 779 g/mol. The number of hydrogen-bond acceptors (Lipinski definition) is 6. The molecule has 0 bridgehead atoms. The molecule has 0 amide bonds. The highest BCUT2D eigenvalue weighted by Gasteiger charge is 2.25. The SMILES string of the molecule is Cc1cn(-c2ccc(/C=C/c3nc4n(n3)[C@@H](c3ccc(F)cc3)CCC4)cc2C)cn1.Cc1cn(-c2ccc(/C=C/c3nc4n(n3)[C@H](c3ccc(F)cc3)CCC4)cc2C)cn1. The Kier molecular flexibility index (Phi) is 11.4. The minimum absolute atomic E-state index is 0.110. The van der Waals surface area contributed by atoms with Crippen LogP contribution >= 0.6 is 0 Å². The van der Waals surface area contributed by atoms with E-state index in [0.29, 0.717) is 11.6 Å². The standard InChI is InChI=1S/2C25H24FN5/c2*1-17-14-19(6-12-22(17)30-15-18(2)27-16-30)7-13-24-28-25-5-3-4-23(31(25)29-24)20-8-10-21(26)11-9-20/h2*6-16,23H,3-5H2,1-2H3/b2*13-7+/t2*23-/m10/s1. The number of imidazole rings is 2. The van der Waals surface area contributed by atoms with Gasteiger partial charge in [-0.3, -0.25) is 0 Å². The molecule has 2 atom stereocenters. The van der Waals surface area contributed by atoms with Crippen molar-refractivity contribution in [2.24, 2.45) is 0 Å². The van der Waals surface area contributed by atoms with Crippen LogP contribution < -0.4 is 0 Å². The molecular formula is C50H48F2N10. The van der Waals surface area contributed by atoms with E-state index in [1.54, 1.807) is 0 Å². The second kappa shape index (κ2) is 17.5. The molecule has 12 heteroatoms. The molecule has 10 rings (SSSR count). The average Bonchev–Trinajstić information content (AvgIpc) is 4.10. The van der Waals surface area contributed by atoms with Gasteiger partial charge in [0.15, 0.2) is 11.6 Å². The fourth-order valence-electron chi connectivity index (χ4n) is 8.46. The number of aromatic nitrogens is 10. The Balaban J connectivity index is 0.000000158. The Bertz CT molecular complexity index is 2700. The van der Waals surface area contributed by atoms with Crippen molar-refractivity contribution in [2.45, 2.75) is 78.3 Å².